The van der Waals surface area contributed by atoms with Gasteiger partial charge in [-0.05, 0) is 35.4 Å². The monoisotopic (exact) mass is 327 g/mol. The quantitative estimate of drug-likeness (QED) is 0.854. The summed E-state index contributed by atoms with van der Waals surface area (Å²) < 4.78 is 0. The molecule has 0 unspecified atom stereocenters. The standard InChI is InChI=1S/C19H22N2OS/c1-16-2-4-17(5-3-16)6-7-19(22)21-11-9-20(10-12-21)14-18-8-13-23-15-18/h2-8,13,15H,9-12,14H2,1H3/p+1/b7-6+. The number of carbonyl (C=O) groups is 1. The highest BCUT2D eigenvalue weighted by Gasteiger charge is 2.22. The third-order valence-electron chi connectivity index (χ3n) is 4.31. The van der Waals surface area contributed by atoms with Crippen molar-refractivity contribution in [3.8, 4) is 0 Å². The van der Waals surface area contributed by atoms with Crippen LogP contribution in [0.5, 0.6) is 0 Å². The van der Waals surface area contributed by atoms with Crippen molar-refractivity contribution < 1.29 is 9.69 Å². The fourth-order valence-corrected chi connectivity index (χ4v) is 3.52. The number of rotatable bonds is 4. The van der Waals surface area contributed by atoms with Crippen LogP contribution in [0.3, 0.4) is 0 Å². The summed E-state index contributed by atoms with van der Waals surface area (Å²) in [5, 5.41) is 4.35. The number of hydrogen-bond acceptors (Lipinski definition) is 2. The lowest BCUT2D eigenvalue weighted by molar-refractivity contribution is -0.917. The van der Waals surface area contributed by atoms with E-state index in [4.69, 9.17) is 0 Å². The molecule has 1 aromatic heterocycles. The molecule has 2 heterocycles. The Morgan fingerprint density at radius 3 is 2.61 bits per heavy atom. The lowest BCUT2D eigenvalue weighted by Gasteiger charge is -2.31. The Bertz CT molecular complexity index is 653. The van der Waals surface area contributed by atoms with Gasteiger partial charge in [-0.15, -0.1) is 0 Å². The van der Waals surface area contributed by atoms with Crippen molar-refractivity contribution in [3.63, 3.8) is 0 Å². The van der Waals surface area contributed by atoms with Gasteiger partial charge < -0.3 is 9.80 Å². The molecular formula is C19H23N2OS+. The predicted octanol–water partition coefficient (Wildman–Crippen LogP) is 2.00. The molecule has 1 aliphatic rings. The Morgan fingerprint density at radius 1 is 1.22 bits per heavy atom. The van der Waals surface area contributed by atoms with Crippen molar-refractivity contribution in [1.82, 2.24) is 4.90 Å². The maximum absolute atomic E-state index is 12.3. The van der Waals surface area contributed by atoms with Crippen LogP contribution in [0.2, 0.25) is 0 Å². The Balaban J connectivity index is 1.49. The molecule has 4 heteroatoms. The highest BCUT2D eigenvalue weighted by Crippen LogP contribution is 2.06. The number of thiophene rings is 1. The van der Waals surface area contributed by atoms with Gasteiger partial charge in [0.05, 0.1) is 26.2 Å². The number of hydrogen-bond donors (Lipinski definition) is 1. The molecule has 1 aliphatic heterocycles. The highest BCUT2D eigenvalue weighted by atomic mass is 32.1. The van der Waals surface area contributed by atoms with E-state index in [1.54, 1.807) is 22.3 Å². The average Bonchev–Trinajstić information content (AvgIpc) is 3.08. The summed E-state index contributed by atoms with van der Waals surface area (Å²) in [6.07, 6.45) is 3.61. The van der Waals surface area contributed by atoms with Crippen LogP contribution in [0.25, 0.3) is 6.08 Å². The van der Waals surface area contributed by atoms with Crippen molar-refractivity contribution in [1.29, 1.82) is 0 Å². The molecule has 0 radical (unpaired) electrons. The van der Waals surface area contributed by atoms with Gasteiger partial charge in [-0.2, -0.15) is 11.3 Å². The van der Waals surface area contributed by atoms with Crippen molar-refractivity contribution >= 4 is 23.3 Å². The number of carbonyl (C=O) groups excluding carboxylic acids is 1. The van der Waals surface area contributed by atoms with Crippen molar-refractivity contribution in [2.75, 3.05) is 26.2 Å². The molecule has 3 nitrogen and oxygen atoms in total. The maximum atomic E-state index is 12.3. The molecule has 0 atom stereocenters. The SMILES string of the molecule is Cc1ccc(/C=C/C(=O)N2CC[NH+](Cc3ccsc3)CC2)cc1. The van der Waals surface area contributed by atoms with Crippen LogP contribution in [0, 0.1) is 6.92 Å². The van der Waals surface area contributed by atoms with E-state index in [0.717, 1.165) is 38.3 Å². The fourth-order valence-electron chi connectivity index (χ4n) is 2.85. The van der Waals surface area contributed by atoms with E-state index < -0.39 is 0 Å². The lowest BCUT2D eigenvalue weighted by Crippen LogP contribution is -3.13. The zero-order valence-corrected chi connectivity index (χ0v) is 14.3. The summed E-state index contributed by atoms with van der Waals surface area (Å²) in [7, 11) is 0. The predicted molar refractivity (Wildman–Crippen MR) is 95.5 cm³/mol. The molecule has 1 aromatic carbocycles. The molecule has 0 aliphatic carbocycles. The number of amides is 1. The Morgan fingerprint density at radius 2 is 1.96 bits per heavy atom. The number of nitrogens with one attached hydrogen (secondary N) is 1. The van der Waals surface area contributed by atoms with E-state index in [9.17, 15) is 4.79 Å². The number of nitrogens with zero attached hydrogens (tertiary/aromatic N) is 1. The lowest BCUT2D eigenvalue weighted by atomic mass is 10.1. The number of quaternary nitrogens is 1. The summed E-state index contributed by atoms with van der Waals surface area (Å²) in [4.78, 5) is 15.8. The van der Waals surface area contributed by atoms with Crippen LogP contribution in [0.1, 0.15) is 16.7 Å². The first-order valence-corrected chi connectivity index (χ1v) is 9.03. The molecule has 120 valence electrons. The average molecular weight is 327 g/mol. The molecular weight excluding hydrogens is 304 g/mol. The largest absolute Gasteiger partial charge is 0.328 e. The Hall–Kier alpha value is -1.91. The van der Waals surface area contributed by atoms with Crippen molar-refractivity contribution in [2.45, 2.75) is 13.5 Å². The van der Waals surface area contributed by atoms with E-state index in [0.29, 0.717) is 0 Å². The van der Waals surface area contributed by atoms with Crippen LogP contribution >= 0.6 is 11.3 Å². The van der Waals surface area contributed by atoms with E-state index in [1.807, 2.05) is 23.1 Å². The molecule has 0 saturated carbocycles. The normalized spacial score (nSPS) is 16.1. The zero-order valence-electron chi connectivity index (χ0n) is 13.5. The first kappa shape index (κ1) is 16.0. The van der Waals surface area contributed by atoms with Gasteiger partial charge in [-0.25, -0.2) is 0 Å². The summed E-state index contributed by atoms with van der Waals surface area (Å²) in [6.45, 7) is 6.88. The van der Waals surface area contributed by atoms with Gasteiger partial charge in [0.25, 0.3) is 0 Å². The summed E-state index contributed by atoms with van der Waals surface area (Å²) in [5.41, 5.74) is 3.72. The van der Waals surface area contributed by atoms with E-state index in [1.165, 1.54) is 11.1 Å². The number of aryl methyl sites for hydroxylation is 1. The second-order valence-corrected chi connectivity index (χ2v) is 6.91. The summed E-state index contributed by atoms with van der Waals surface area (Å²) >= 11 is 1.75. The molecule has 1 N–H and O–H groups in total. The van der Waals surface area contributed by atoms with Crippen molar-refractivity contribution in [2.24, 2.45) is 0 Å². The minimum absolute atomic E-state index is 0.125. The van der Waals surface area contributed by atoms with Crippen LogP contribution in [-0.4, -0.2) is 37.0 Å². The smallest absolute Gasteiger partial charge is 0.246 e. The molecule has 23 heavy (non-hydrogen) atoms. The van der Waals surface area contributed by atoms with E-state index in [-0.39, 0.29) is 5.91 Å². The Kier molecular flexibility index (Phi) is 5.26. The van der Waals surface area contributed by atoms with Crippen molar-refractivity contribution in [3.05, 3.63) is 63.9 Å². The van der Waals surface area contributed by atoms with Gasteiger partial charge in [0, 0.05) is 11.6 Å². The first-order chi connectivity index (χ1) is 11.2. The van der Waals surface area contributed by atoms with Gasteiger partial charge in [-0.3, -0.25) is 4.79 Å². The van der Waals surface area contributed by atoms with E-state index in [2.05, 4.69) is 35.9 Å². The molecule has 3 rings (SSSR count). The second kappa shape index (κ2) is 7.57. The van der Waals surface area contributed by atoms with Gasteiger partial charge >= 0.3 is 0 Å². The summed E-state index contributed by atoms with van der Waals surface area (Å²) in [5.74, 6) is 0.125. The summed E-state index contributed by atoms with van der Waals surface area (Å²) in [6, 6.07) is 10.4. The second-order valence-electron chi connectivity index (χ2n) is 6.13. The number of piperazine rings is 1. The molecule has 1 fully saturated rings. The molecule has 0 spiro atoms. The van der Waals surface area contributed by atoms with Crippen LogP contribution in [-0.2, 0) is 11.3 Å². The zero-order chi connectivity index (χ0) is 16.1. The molecule has 1 amide bonds. The van der Waals surface area contributed by atoms with Gasteiger partial charge in [0.2, 0.25) is 5.91 Å². The maximum Gasteiger partial charge on any atom is 0.246 e. The van der Waals surface area contributed by atoms with Gasteiger partial charge in [-0.1, -0.05) is 29.8 Å². The highest BCUT2D eigenvalue weighted by molar-refractivity contribution is 7.07. The first-order valence-electron chi connectivity index (χ1n) is 8.09. The minimum atomic E-state index is 0.125. The molecule has 0 bridgehead atoms. The number of benzene rings is 1. The fraction of sp³-hybridized carbons (Fsp3) is 0.316. The third-order valence-corrected chi connectivity index (χ3v) is 5.04. The minimum Gasteiger partial charge on any atom is -0.328 e. The third kappa shape index (κ3) is 4.53. The molecule has 2 aromatic rings. The molecule has 1 saturated heterocycles. The van der Waals surface area contributed by atoms with Gasteiger partial charge in [0.15, 0.2) is 0 Å². The van der Waals surface area contributed by atoms with Crippen LogP contribution in [0.15, 0.2) is 47.2 Å². The van der Waals surface area contributed by atoms with Gasteiger partial charge in [0.1, 0.15) is 6.54 Å². The van der Waals surface area contributed by atoms with Crippen LogP contribution in [0.4, 0.5) is 0 Å². The topological polar surface area (TPSA) is 24.8 Å². The van der Waals surface area contributed by atoms with E-state index >= 15 is 0 Å². The van der Waals surface area contributed by atoms with Crippen LogP contribution < -0.4 is 4.90 Å². The Labute approximate surface area is 141 Å².